The number of aromatic nitrogens is 17. The summed E-state index contributed by atoms with van der Waals surface area (Å²) in [4.78, 5) is 113. The fraction of sp³-hybridized carbons (Fsp3) is 0.139. The van der Waals surface area contributed by atoms with Crippen LogP contribution in [0.25, 0.3) is 140 Å². The van der Waals surface area contributed by atoms with E-state index in [1.807, 2.05) is 145 Å². The number of nitrogens with one attached hydrogen (secondary N) is 6. The van der Waals surface area contributed by atoms with Crippen LogP contribution in [0.1, 0.15) is 80.0 Å². The first-order valence-corrected chi connectivity index (χ1v) is 45.5. The number of fused-ring (bicyclic) bond motifs is 5. The van der Waals surface area contributed by atoms with E-state index >= 15 is 0 Å². The van der Waals surface area contributed by atoms with Crippen molar-refractivity contribution < 1.29 is 51.7 Å². The number of carboxylic acids is 2. The van der Waals surface area contributed by atoms with Gasteiger partial charge in [-0.2, -0.15) is 4.37 Å². The first-order valence-electron chi connectivity index (χ1n) is 43.0. The Kier molecular flexibility index (Phi) is 26.6. The number of rotatable bonds is 22. The van der Waals surface area contributed by atoms with Crippen LogP contribution in [0.3, 0.4) is 0 Å². The lowest BCUT2D eigenvalue weighted by Gasteiger charge is -2.13. The molecule has 2 saturated heterocycles. The first kappa shape index (κ1) is 90.7. The average Bonchev–Trinajstić information content (AvgIpc) is 1.60. The summed E-state index contributed by atoms with van der Waals surface area (Å²) in [5, 5.41) is 33.5. The van der Waals surface area contributed by atoms with Crippen molar-refractivity contribution in [3.05, 3.63) is 319 Å². The van der Waals surface area contributed by atoms with Gasteiger partial charge in [0.05, 0.1) is 51.8 Å². The van der Waals surface area contributed by atoms with E-state index in [0.29, 0.717) is 105 Å². The summed E-state index contributed by atoms with van der Waals surface area (Å²) in [6, 6.07) is 69.3. The Morgan fingerprint density at radius 3 is 1.81 bits per heavy atom. The van der Waals surface area contributed by atoms with Crippen LogP contribution in [-0.2, 0) is 31.7 Å². The molecule has 21 rings (SSSR count). The zero-order valence-corrected chi connectivity index (χ0v) is 75.4. The second-order valence-corrected chi connectivity index (χ2v) is 35.1. The van der Waals surface area contributed by atoms with Gasteiger partial charge < -0.3 is 56.5 Å². The molecular weight excluding hydrogens is 1760 g/mol. The molecule has 680 valence electrons. The number of ether oxygens (including phenoxy) is 1. The minimum atomic E-state index is -3.57. The van der Waals surface area contributed by atoms with Gasteiger partial charge in [-0.05, 0) is 232 Å². The summed E-state index contributed by atoms with van der Waals surface area (Å²) < 4.78 is 55.0. The number of pyridine rings is 2. The lowest BCUT2D eigenvalue weighted by molar-refractivity contribution is -0.120. The predicted molar refractivity (Wildman–Crippen MR) is 520 cm³/mol. The number of hydrogen-bond donors (Lipinski definition) is 9. The average molecular weight is 1850 g/mol. The Morgan fingerprint density at radius 2 is 1.17 bits per heavy atom. The molecule has 35 heteroatoms. The van der Waals surface area contributed by atoms with Crippen molar-refractivity contribution in [2.75, 3.05) is 30.8 Å². The molecule has 2 fully saturated rings. The fourth-order valence-corrected chi connectivity index (χ4v) is 17.6. The Labute approximate surface area is 781 Å². The highest BCUT2D eigenvalue weighted by atomic mass is 32.2. The van der Waals surface area contributed by atoms with E-state index in [0.717, 1.165) is 107 Å². The lowest BCUT2D eigenvalue weighted by Crippen LogP contribution is -2.30. The molecule has 0 radical (unpaired) electrons. The van der Waals surface area contributed by atoms with E-state index in [-0.39, 0.29) is 51.3 Å². The number of imidazole rings is 2. The predicted octanol–water partition coefficient (Wildman–Crippen LogP) is 17.2. The standard InChI is InChI=1S/C30H26FN7O3.C20H20N4O2S2.C20H16N4.C17H15N5O3.C14H10N2O2/c1-16-3-9-20(25(13-16)41-2)29-36-22-14-17(4-10-24(22)38(29)19-7-5-18(31)6-8-19)28-35-23(27(32)39)15-26(37-28)34-21-11-12-33-30(21)40;1-14(2)11-24-9-8-16-10-15(6-7-18(16)24)17-4-3-5-20(23-17)28(25,26)12-19-21-13-22-27-19;1-3-16-10-11-21-20(23-16)15-6-9-19-18(12-15)22-13-24(19)17-7-4-14(2)5-8-17;23-16-12(4-6-19-16)20-14-8-13(17(24)25)21-15(22-14)10-1-2-11-9(7-10)3-5-18-11;17-14(18)13-3-1-2-12(16-13)9-4-5-11-10(8-9)6-7-15-11/h3-10,13-15,21H,11-12H2,1-2H3,(H2,32,39)(H,33,40)(H,34,35,37);3-10,13-14H,11-12H2,1-2H3;3-13H,1H2,2H3;1-3,5,7-8,12,18H,4,6H2,(H,19,23)(H,24,25)(H,20,21,22);1-8,15H,(H,17,18). The number of halogens is 1. The third-order valence-corrected chi connectivity index (χ3v) is 24.6. The van der Waals surface area contributed by atoms with Gasteiger partial charge in [0.1, 0.15) is 75.9 Å². The normalized spacial score (nSPS) is 13.3. The molecule has 2 atom stereocenters. The Morgan fingerprint density at radius 1 is 0.581 bits per heavy atom. The highest BCUT2D eigenvalue weighted by Crippen LogP contribution is 2.38. The highest BCUT2D eigenvalue weighted by molar-refractivity contribution is 7.90. The second kappa shape index (κ2) is 39.9. The van der Waals surface area contributed by atoms with Gasteiger partial charge in [-0.1, -0.05) is 68.5 Å². The zero-order chi connectivity index (χ0) is 94.8. The summed E-state index contributed by atoms with van der Waals surface area (Å²) in [7, 11) is -1.97. The first-order chi connectivity index (χ1) is 65.8. The number of nitrogens with two attached hydrogens (primary N) is 1. The maximum Gasteiger partial charge on any atom is 0.354 e. The number of nitrogens with zero attached hydrogens (tertiary/aromatic N) is 15. The number of aromatic amines is 2. The third kappa shape index (κ3) is 20.7. The molecule has 0 bridgehead atoms. The Bertz CT molecular complexity index is 7870. The van der Waals surface area contributed by atoms with Crippen LogP contribution in [0, 0.1) is 25.6 Å². The number of carbonyl (C=O) groups excluding carboxylic acids is 3. The van der Waals surface area contributed by atoms with Crippen LogP contribution in [0.15, 0.2) is 280 Å². The number of benzene rings is 8. The molecule has 2 aliphatic heterocycles. The van der Waals surface area contributed by atoms with Crippen molar-refractivity contribution in [1.82, 2.24) is 93.5 Å². The molecule has 32 nitrogen and oxygen atoms in total. The van der Waals surface area contributed by atoms with Crippen molar-refractivity contribution >= 4 is 124 Å². The number of hydrogen-bond acceptors (Lipinski definition) is 23. The SMILES string of the molecule is C=Cc1ccnc(-c2ccc3c(c2)ncn3-c2ccc(C)cc2)n1.CC(C)Cn1ccc2cc(-c3cccc(S(=O)(=O)Cc4ncns4)n3)ccc21.COc1cc(C)ccc1-c1nc2cc(-c3nc(NC4CCNC4=O)cc(C(N)=O)n3)ccc2n1-c1ccc(F)cc1.O=C(O)c1cc(NC2CCNC2=O)nc(-c2ccc3[nH]ccc3c2)n1.O=C(O)c1cccc(-c2ccc3[nH]ccc3c2)n1. The van der Waals surface area contributed by atoms with E-state index < -0.39 is 39.8 Å². The molecule has 10 N–H and O–H groups in total. The second-order valence-electron chi connectivity index (χ2n) is 32.3. The number of amides is 3. The van der Waals surface area contributed by atoms with Crippen molar-refractivity contribution in [3.63, 3.8) is 0 Å². The number of carboxylic acid groups (broad SMARTS) is 2. The number of aryl methyl sites for hydroxylation is 2. The molecule has 8 aromatic carbocycles. The monoisotopic (exact) mass is 1850 g/mol. The van der Waals surface area contributed by atoms with Crippen molar-refractivity contribution in [1.29, 1.82) is 0 Å². The van der Waals surface area contributed by atoms with E-state index in [1.54, 1.807) is 49.7 Å². The number of carbonyl (C=O) groups is 5. The molecule has 19 aromatic rings. The number of anilines is 2. The van der Waals surface area contributed by atoms with Crippen molar-refractivity contribution in [2.45, 2.75) is 69.9 Å². The smallest absolute Gasteiger partial charge is 0.354 e. The zero-order valence-electron chi connectivity index (χ0n) is 73.8. The fourth-order valence-electron chi connectivity index (χ4n) is 15.6. The van der Waals surface area contributed by atoms with Gasteiger partial charge in [0.25, 0.3) is 5.91 Å². The van der Waals surface area contributed by atoms with Gasteiger partial charge >= 0.3 is 11.9 Å². The van der Waals surface area contributed by atoms with Gasteiger partial charge in [-0.15, -0.1) is 0 Å². The van der Waals surface area contributed by atoms with Gasteiger partial charge in [0.2, 0.25) is 21.7 Å². The number of primary amides is 1. The van der Waals surface area contributed by atoms with E-state index in [2.05, 4.69) is 177 Å². The molecular formula is C101H87FN22O10S2. The molecule has 0 aliphatic carbocycles. The Balaban J connectivity index is 0.000000121. The largest absolute Gasteiger partial charge is 0.496 e. The minimum Gasteiger partial charge on any atom is -0.496 e. The summed E-state index contributed by atoms with van der Waals surface area (Å²) in [5.74, 6) is -0.0193. The summed E-state index contributed by atoms with van der Waals surface area (Å²) in [5.41, 5.74) is 23.0. The van der Waals surface area contributed by atoms with Gasteiger partial charge in [0, 0.05) is 128 Å². The minimum absolute atomic E-state index is 0.0120. The maximum absolute atomic E-state index is 13.8. The molecule has 3 amide bonds. The van der Waals surface area contributed by atoms with E-state index in [1.165, 1.54) is 48.3 Å². The summed E-state index contributed by atoms with van der Waals surface area (Å²) in [6.07, 6.45) is 13.7. The number of sulfone groups is 1. The quantitative estimate of drug-likeness (QED) is 0.0304. The van der Waals surface area contributed by atoms with Crippen LogP contribution < -0.4 is 31.7 Å². The number of H-pyrrole nitrogens is 2. The van der Waals surface area contributed by atoms with Gasteiger partial charge in [-0.3, -0.25) is 23.5 Å². The Hall–Kier alpha value is -17.2. The number of aromatic carboxylic acids is 2. The van der Waals surface area contributed by atoms with Crippen molar-refractivity contribution in [2.24, 2.45) is 11.7 Å². The molecule has 11 aromatic heterocycles. The van der Waals surface area contributed by atoms with Gasteiger partial charge in [0.15, 0.2) is 28.2 Å². The van der Waals surface area contributed by atoms with Crippen LogP contribution in [-0.4, -0.2) is 163 Å². The summed E-state index contributed by atoms with van der Waals surface area (Å²) >= 11 is 1.08. The van der Waals surface area contributed by atoms with Gasteiger partial charge in [-0.25, -0.2) is 77.2 Å². The third-order valence-electron chi connectivity index (χ3n) is 22.3. The molecule has 0 saturated carbocycles. The van der Waals surface area contributed by atoms with Crippen LogP contribution in [0.4, 0.5) is 16.0 Å². The van der Waals surface area contributed by atoms with Crippen molar-refractivity contribution in [3.8, 4) is 85.2 Å². The molecule has 13 heterocycles. The highest BCUT2D eigenvalue weighted by Gasteiger charge is 2.29. The molecule has 2 aliphatic rings. The maximum atomic E-state index is 13.8. The molecule has 0 spiro atoms. The van der Waals surface area contributed by atoms with E-state index in [9.17, 15) is 41.9 Å². The lowest BCUT2D eigenvalue weighted by atomic mass is 10.1. The van der Waals surface area contributed by atoms with Crippen LogP contribution >= 0.6 is 11.5 Å². The molecule has 2 unspecified atom stereocenters. The van der Waals surface area contributed by atoms with Crippen LogP contribution in [0.5, 0.6) is 5.75 Å². The topological polar surface area (TPSA) is 444 Å². The van der Waals surface area contributed by atoms with Crippen LogP contribution in [0.2, 0.25) is 0 Å². The van der Waals surface area contributed by atoms with E-state index in [4.69, 9.17) is 20.6 Å². The molecule has 136 heavy (non-hydrogen) atoms. The summed E-state index contributed by atoms with van der Waals surface area (Å²) in [6.45, 7) is 14.3. The number of methoxy groups -OCH3 is 1.